The fourth-order valence-corrected chi connectivity index (χ4v) is 4.53. The van der Waals surface area contributed by atoms with E-state index in [9.17, 15) is 14.4 Å². The minimum atomic E-state index is -0.230. The van der Waals surface area contributed by atoms with E-state index in [2.05, 4.69) is 20.8 Å². The molecule has 0 aliphatic carbocycles. The van der Waals surface area contributed by atoms with Crippen molar-refractivity contribution in [2.75, 3.05) is 63.8 Å². The van der Waals surface area contributed by atoms with Gasteiger partial charge in [0.15, 0.2) is 0 Å². The van der Waals surface area contributed by atoms with Gasteiger partial charge >= 0.3 is 0 Å². The third-order valence-electron chi connectivity index (χ3n) is 6.48. The number of hydrogen-bond acceptors (Lipinski definition) is 5. The Morgan fingerprint density at radius 2 is 1.56 bits per heavy atom. The number of piperazine rings is 2. The van der Waals surface area contributed by atoms with Crippen LogP contribution in [0.3, 0.4) is 0 Å². The van der Waals surface area contributed by atoms with Gasteiger partial charge in [-0.25, -0.2) is 4.39 Å². The second-order valence-corrected chi connectivity index (χ2v) is 8.41. The van der Waals surface area contributed by atoms with Crippen molar-refractivity contribution >= 4 is 11.6 Å². The van der Waals surface area contributed by atoms with Crippen molar-refractivity contribution in [1.29, 1.82) is 5.26 Å². The number of halogens is 1. The van der Waals surface area contributed by atoms with Gasteiger partial charge in [-0.05, 0) is 29.8 Å². The summed E-state index contributed by atoms with van der Waals surface area (Å²) >= 11 is 0. The zero-order chi connectivity index (χ0) is 22.3. The molecule has 7 heteroatoms. The van der Waals surface area contributed by atoms with E-state index in [1.54, 1.807) is 12.1 Å². The van der Waals surface area contributed by atoms with Gasteiger partial charge in [0.25, 0.3) is 0 Å². The summed E-state index contributed by atoms with van der Waals surface area (Å²) in [5.41, 5.74) is 2.04. The van der Waals surface area contributed by atoms with Crippen LogP contribution >= 0.6 is 0 Å². The average molecular weight is 436 g/mol. The number of carbonyl (C=O) groups excluding carboxylic acids is 1. The number of nitriles is 1. The van der Waals surface area contributed by atoms with Crippen LogP contribution in [0.5, 0.6) is 0 Å². The lowest BCUT2D eigenvalue weighted by Crippen LogP contribution is -2.50. The van der Waals surface area contributed by atoms with Crippen LogP contribution < -0.4 is 4.90 Å². The van der Waals surface area contributed by atoms with Crippen molar-refractivity contribution in [2.24, 2.45) is 0 Å². The van der Waals surface area contributed by atoms with Gasteiger partial charge in [-0.2, -0.15) is 5.26 Å². The highest BCUT2D eigenvalue weighted by atomic mass is 19.1. The summed E-state index contributed by atoms with van der Waals surface area (Å²) in [7, 11) is 0. The molecule has 168 valence electrons. The van der Waals surface area contributed by atoms with Crippen molar-refractivity contribution in [3.8, 4) is 6.07 Å². The standard InChI is InChI=1S/C25H30FN5O/c26-22-6-8-23(9-7-22)29-16-18-31(19-17-29)25(32)10-11-28-12-14-30(15-13-28)24(20-27)21-4-2-1-3-5-21/h1-9,24H,10-19H2/t24-/m1/s1. The molecular weight excluding hydrogens is 405 g/mol. The van der Waals surface area contributed by atoms with E-state index in [4.69, 9.17) is 0 Å². The Morgan fingerprint density at radius 3 is 2.19 bits per heavy atom. The van der Waals surface area contributed by atoms with Crippen molar-refractivity contribution in [2.45, 2.75) is 12.5 Å². The van der Waals surface area contributed by atoms with Gasteiger partial charge in [-0.1, -0.05) is 30.3 Å². The molecular formula is C25H30FN5O. The monoisotopic (exact) mass is 435 g/mol. The van der Waals surface area contributed by atoms with Gasteiger partial charge in [0, 0.05) is 71.0 Å². The largest absolute Gasteiger partial charge is 0.368 e. The molecule has 32 heavy (non-hydrogen) atoms. The molecule has 6 nitrogen and oxygen atoms in total. The van der Waals surface area contributed by atoms with Crippen molar-refractivity contribution in [3.63, 3.8) is 0 Å². The first-order valence-electron chi connectivity index (χ1n) is 11.3. The van der Waals surface area contributed by atoms with Crippen LogP contribution in [-0.2, 0) is 4.79 Å². The Bertz CT molecular complexity index is 914. The highest BCUT2D eigenvalue weighted by molar-refractivity contribution is 5.76. The molecule has 0 radical (unpaired) electrons. The summed E-state index contributed by atoms with van der Waals surface area (Å²) in [6.45, 7) is 7.10. The first-order chi connectivity index (χ1) is 15.6. The van der Waals surface area contributed by atoms with Crippen LogP contribution in [0.15, 0.2) is 54.6 Å². The van der Waals surface area contributed by atoms with Crippen molar-refractivity contribution < 1.29 is 9.18 Å². The molecule has 2 aromatic rings. The van der Waals surface area contributed by atoms with E-state index in [0.29, 0.717) is 19.5 Å². The minimum absolute atomic E-state index is 0.199. The van der Waals surface area contributed by atoms with Crippen LogP contribution in [0.4, 0.5) is 10.1 Å². The van der Waals surface area contributed by atoms with Gasteiger partial charge in [0.1, 0.15) is 11.9 Å². The van der Waals surface area contributed by atoms with E-state index in [1.807, 2.05) is 35.2 Å². The number of hydrogen-bond donors (Lipinski definition) is 0. The molecule has 0 saturated carbocycles. The summed E-state index contributed by atoms with van der Waals surface area (Å²) in [5.74, 6) is -0.0306. The quantitative estimate of drug-likeness (QED) is 0.699. The molecule has 1 amide bonds. The Balaban J connectivity index is 1.19. The molecule has 0 spiro atoms. The third-order valence-corrected chi connectivity index (χ3v) is 6.48. The topological polar surface area (TPSA) is 53.8 Å². The zero-order valence-corrected chi connectivity index (χ0v) is 18.4. The molecule has 2 aliphatic heterocycles. The number of nitrogens with zero attached hydrogens (tertiary/aromatic N) is 5. The number of anilines is 1. The molecule has 0 aromatic heterocycles. The van der Waals surface area contributed by atoms with Crippen molar-refractivity contribution in [3.05, 3.63) is 66.0 Å². The lowest BCUT2D eigenvalue weighted by Gasteiger charge is -2.38. The van der Waals surface area contributed by atoms with Crippen LogP contribution in [0, 0.1) is 17.1 Å². The van der Waals surface area contributed by atoms with Gasteiger partial charge in [-0.3, -0.25) is 9.69 Å². The van der Waals surface area contributed by atoms with E-state index in [-0.39, 0.29) is 17.8 Å². The van der Waals surface area contributed by atoms with E-state index in [0.717, 1.165) is 57.1 Å². The molecule has 2 saturated heterocycles. The minimum Gasteiger partial charge on any atom is -0.368 e. The van der Waals surface area contributed by atoms with Crippen molar-refractivity contribution in [1.82, 2.24) is 14.7 Å². The first-order valence-corrected chi connectivity index (χ1v) is 11.3. The van der Waals surface area contributed by atoms with Gasteiger partial charge in [0.05, 0.1) is 6.07 Å². The summed E-state index contributed by atoms with van der Waals surface area (Å²) in [6.07, 6.45) is 0.525. The Kier molecular flexibility index (Phi) is 7.35. The summed E-state index contributed by atoms with van der Waals surface area (Å²) in [5, 5.41) is 9.65. The normalized spacial score (nSPS) is 18.9. The van der Waals surface area contributed by atoms with Crippen LogP contribution in [0.2, 0.25) is 0 Å². The van der Waals surface area contributed by atoms with Crippen LogP contribution in [-0.4, -0.2) is 79.5 Å². The number of amides is 1. The summed E-state index contributed by atoms with van der Waals surface area (Å²) in [4.78, 5) is 21.4. The van der Waals surface area contributed by atoms with E-state index in [1.165, 1.54) is 12.1 Å². The fraction of sp³-hybridized carbons (Fsp3) is 0.440. The molecule has 4 rings (SSSR count). The zero-order valence-electron chi connectivity index (χ0n) is 18.4. The van der Waals surface area contributed by atoms with Gasteiger partial charge < -0.3 is 14.7 Å². The molecule has 2 aliphatic rings. The Morgan fingerprint density at radius 1 is 0.906 bits per heavy atom. The average Bonchev–Trinajstić information content (AvgIpc) is 2.85. The SMILES string of the molecule is N#C[C@H](c1ccccc1)N1CCN(CCC(=O)N2CCN(c3ccc(F)cc3)CC2)CC1. The molecule has 0 bridgehead atoms. The molecule has 2 aromatic carbocycles. The molecule has 0 N–H and O–H groups in total. The second kappa shape index (κ2) is 10.6. The van der Waals surface area contributed by atoms with E-state index < -0.39 is 0 Å². The van der Waals surface area contributed by atoms with Crippen LogP contribution in [0.1, 0.15) is 18.0 Å². The molecule has 2 fully saturated rings. The van der Waals surface area contributed by atoms with Crippen LogP contribution in [0.25, 0.3) is 0 Å². The number of carbonyl (C=O) groups is 1. The number of rotatable bonds is 6. The Labute approximate surface area is 189 Å². The van der Waals surface area contributed by atoms with E-state index >= 15 is 0 Å². The second-order valence-electron chi connectivity index (χ2n) is 8.41. The summed E-state index contributed by atoms with van der Waals surface area (Å²) < 4.78 is 13.1. The van der Waals surface area contributed by atoms with Gasteiger partial charge in [0.2, 0.25) is 5.91 Å². The number of benzene rings is 2. The fourth-order valence-electron chi connectivity index (χ4n) is 4.53. The highest BCUT2D eigenvalue weighted by Crippen LogP contribution is 2.21. The highest BCUT2D eigenvalue weighted by Gasteiger charge is 2.26. The lowest BCUT2D eigenvalue weighted by atomic mass is 10.1. The smallest absolute Gasteiger partial charge is 0.223 e. The molecule has 1 atom stereocenters. The predicted octanol–water partition coefficient (Wildman–Crippen LogP) is 2.75. The maximum Gasteiger partial charge on any atom is 0.223 e. The third kappa shape index (κ3) is 5.45. The summed E-state index contributed by atoms with van der Waals surface area (Å²) in [6, 6.07) is 18.7. The Hall–Kier alpha value is -2.95. The lowest BCUT2D eigenvalue weighted by molar-refractivity contribution is -0.131. The maximum atomic E-state index is 13.1. The first kappa shape index (κ1) is 22.3. The molecule has 0 unspecified atom stereocenters. The molecule has 2 heterocycles. The maximum absolute atomic E-state index is 13.1. The van der Waals surface area contributed by atoms with Gasteiger partial charge in [-0.15, -0.1) is 0 Å². The predicted molar refractivity (Wildman–Crippen MR) is 123 cm³/mol.